The lowest BCUT2D eigenvalue weighted by Gasteiger charge is -2.03. The van der Waals surface area contributed by atoms with Gasteiger partial charge in [0.15, 0.2) is 0 Å². The number of hydrogen-bond acceptors (Lipinski definition) is 6. The first-order valence-corrected chi connectivity index (χ1v) is 4.28. The Labute approximate surface area is 86.1 Å². The highest BCUT2D eigenvalue weighted by Gasteiger charge is 2.02. The van der Waals surface area contributed by atoms with Crippen LogP contribution >= 0.6 is 0 Å². The third-order valence-electron chi connectivity index (χ3n) is 1.76. The molecule has 0 bridgehead atoms. The number of benzene rings is 1. The molecule has 0 aliphatic heterocycles. The van der Waals surface area contributed by atoms with Crippen molar-refractivity contribution in [2.24, 2.45) is 0 Å². The lowest BCUT2D eigenvalue weighted by molar-refractivity contribution is 0.415. The number of anilines is 3. The van der Waals surface area contributed by atoms with E-state index < -0.39 is 0 Å². The zero-order valence-electron chi connectivity index (χ0n) is 8.10. The summed E-state index contributed by atoms with van der Waals surface area (Å²) in [5.74, 6) is 0.743. The van der Waals surface area contributed by atoms with E-state index in [0.717, 1.165) is 11.4 Å². The van der Waals surface area contributed by atoms with Crippen molar-refractivity contribution < 1.29 is 9.15 Å². The molecule has 0 aliphatic rings. The van der Waals surface area contributed by atoms with Crippen LogP contribution in [0.25, 0.3) is 0 Å². The van der Waals surface area contributed by atoms with Crippen LogP contribution in [0.1, 0.15) is 0 Å². The lowest BCUT2D eigenvalue weighted by atomic mass is 10.3. The van der Waals surface area contributed by atoms with Gasteiger partial charge in [0.1, 0.15) is 5.75 Å². The number of nitrogens with zero attached hydrogens (tertiary/aromatic N) is 2. The minimum Gasteiger partial charge on any atom is -0.497 e. The summed E-state index contributed by atoms with van der Waals surface area (Å²) in [6.07, 6.45) is 0. The van der Waals surface area contributed by atoms with E-state index in [0.29, 0.717) is 0 Å². The van der Waals surface area contributed by atoms with Crippen molar-refractivity contribution in [1.29, 1.82) is 0 Å². The van der Waals surface area contributed by atoms with Gasteiger partial charge in [-0.25, -0.2) is 0 Å². The average Bonchev–Trinajstić information content (AvgIpc) is 2.64. The quantitative estimate of drug-likeness (QED) is 0.789. The van der Waals surface area contributed by atoms with E-state index in [1.807, 2.05) is 18.2 Å². The van der Waals surface area contributed by atoms with E-state index in [2.05, 4.69) is 15.5 Å². The molecule has 0 radical (unpaired) electrons. The van der Waals surface area contributed by atoms with Crippen molar-refractivity contribution in [3.05, 3.63) is 24.3 Å². The Morgan fingerprint density at radius 2 is 2.27 bits per heavy atom. The highest BCUT2D eigenvalue weighted by atomic mass is 16.5. The second-order valence-electron chi connectivity index (χ2n) is 2.80. The summed E-state index contributed by atoms with van der Waals surface area (Å²) < 4.78 is 10.0. The van der Waals surface area contributed by atoms with Gasteiger partial charge in [0.05, 0.1) is 7.11 Å². The monoisotopic (exact) mass is 206 g/mol. The van der Waals surface area contributed by atoms with E-state index in [-0.39, 0.29) is 12.0 Å². The third kappa shape index (κ3) is 2.16. The van der Waals surface area contributed by atoms with Gasteiger partial charge in [0, 0.05) is 11.8 Å². The Balaban J connectivity index is 2.16. The Bertz CT molecular complexity index is 455. The molecule has 6 heteroatoms. The number of aromatic nitrogens is 2. The van der Waals surface area contributed by atoms with E-state index in [1.165, 1.54) is 0 Å². The predicted molar refractivity (Wildman–Crippen MR) is 55.0 cm³/mol. The first-order valence-electron chi connectivity index (χ1n) is 4.28. The first kappa shape index (κ1) is 9.32. The van der Waals surface area contributed by atoms with Crippen LogP contribution < -0.4 is 15.8 Å². The first-order chi connectivity index (χ1) is 7.28. The van der Waals surface area contributed by atoms with Crippen LogP contribution in [0.2, 0.25) is 0 Å². The second kappa shape index (κ2) is 3.87. The van der Waals surface area contributed by atoms with Crippen LogP contribution in [0.15, 0.2) is 28.7 Å². The minimum absolute atomic E-state index is 0.0281. The van der Waals surface area contributed by atoms with Crippen molar-refractivity contribution >= 4 is 17.7 Å². The maximum atomic E-state index is 5.28. The molecule has 2 rings (SSSR count). The normalized spacial score (nSPS) is 9.93. The van der Waals surface area contributed by atoms with E-state index >= 15 is 0 Å². The summed E-state index contributed by atoms with van der Waals surface area (Å²) >= 11 is 0. The topological polar surface area (TPSA) is 86.2 Å². The van der Waals surface area contributed by atoms with Gasteiger partial charge >= 0.3 is 12.0 Å². The summed E-state index contributed by atoms with van der Waals surface area (Å²) in [5, 5.41) is 10.1. The molecule has 78 valence electrons. The van der Waals surface area contributed by atoms with Crippen molar-refractivity contribution in [1.82, 2.24) is 10.2 Å². The molecular weight excluding hydrogens is 196 g/mol. The number of hydrogen-bond donors (Lipinski definition) is 2. The van der Waals surface area contributed by atoms with Gasteiger partial charge in [0.2, 0.25) is 0 Å². The number of nitrogens with two attached hydrogens (primary N) is 1. The van der Waals surface area contributed by atoms with E-state index in [9.17, 15) is 0 Å². The molecule has 0 aliphatic carbocycles. The molecule has 1 aromatic carbocycles. The Hall–Kier alpha value is -2.24. The van der Waals surface area contributed by atoms with Crippen LogP contribution in [0, 0.1) is 0 Å². The maximum Gasteiger partial charge on any atom is 0.321 e. The van der Waals surface area contributed by atoms with Crippen molar-refractivity contribution in [3.63, 3.8) is 0 Å². The SMILES string of the molecule is COc1cccc(Nc2nnc(N)o2)c1. The standard InChI is InChI=1S/C9H10N4O2/c1-14-7-4-2-3-6(5-7)11-9-13-12-8(10)15-9/h2-5H,1H3,(H2,10,12)(H,11,13). The van der Waals surface area contributed by atoms with Gasteiger partial charge in [-0.2, -0.15) is 0 Å². The van der Waals surface area contributed by atoms with Gasteiger partial charge in [-0.3, -0.25) is 0 Å². The second-order valence-corrected chi connectivity index (χ2v) is 2.80. The molecule has 1 heterocycles. The molecule has 0 unspecified atom stereocenters. The maximum absolute atomic E-state index is 5.28. The van der Waals surface area contributed by atoms with E-state index in [1.54, 1.807) is 13.2 Å². The molecule has 1 aromatic heterocycles. The van der Waals surface area contributed by atoms with Gasteiger partial charge in [0.25, 0.3) is 0 Å². The largest absolute Gasteiger partial charge is 0.497 e. The van der Waals surface area contributed by atoms with Gasteiger partial charge in [-0.15, -0.1) is 0 Å². The summed E-state index contributed by atoms with van der Waals surface area (Å²) in [6, 6.07) is 7.62. The number of nitrogens with one attached hydrogen (secondary N) is 1. The van der Waals surface area contributed by atoms with Crippen LogP contribution in [-0.4, -0.2) is 17.3 Å². The van der Waals surface area contributed by atoms with Crippen LogP contribution in [0.3, 0.4) is 0 Å². The molecule has 2 aromatic rings. The highest BCUT2D eigenvalue weighted by molar-refractivity contribution is 5.54. The van der Waals surface area contributed by atoms with Gasteiger partial charge in [-0.1, -0.05) is 16.3 Å². The molecule has 0 saturated carbocycles. The Morgan fingerprint density at radius 1 is 1.40 bits per heavy atom. The molecule has 0 amide bonds. The Morgan fingerprint density at radius 3 is 2.93 bits per heavy atom. The highest BCUT2D eigenvalue weighted by Crippen LogP contribution is 2.20. The van der Waals surface area contributed by atoms with E-state index in [4.69, 9.17) is 14.9 Å². The molecule has 3 N–H and O–H groups in total. The zero-order chi connectivity index (χ0) is 10.7. The fourth-order valence-electron chi connectivity index (χ4n) is 1.11. The zero-order valence-corrected chi connectivity index (χ0v) is 8.10. The number of nitrogen functional groups attached to an aromatic ring is 1. The van der Waals surface area contributed by atoms with Crippen molar-refractivity contribution in [3.8, 4) is 5.75 Å². The van der Waals surface area contributed by atoms with Crippen LogP contribution in [-0.2, 0) is 0 Å². The van der Waals surface area contributed by atoms with Gasteiger partial charge in [-0.05, 0) is 12.1 Å². The lowest BCUT2D eigenvalue weighted by Crippen LogP contribution is -1.91. The molecule has 6 nitrogen and oxygen atoms in total. The number of methoxy groups -OCH3 is 1. The molecule has 0 fully saturated rings. The fourth-order valence-corrected chi connectivity index (χ4v) is 1.11. The summed E-state index contributed by atoms with van der Waals surface area (Å²) in [6.45, 7) is 0. The molecule has 0 atom stereocenters. The molecular formula is C9H10N4O2. The molecule has 15 heavy (non-hydrogen) atoms. The summed E-state index contributed by atoms with van der Waals surface area (Å²) in [7, 11) is 1.60. The minimum atomic E-state index is 0.0281. The smallest absolute Gasteiger partial charge is 0.321 e. The van der Waals surface area contributed by atoms with Crippen LogP contribution in [0.4, 0.5) is 17.7 Å². The predicted octanol–water partition coefficient (Wildman–Crippen LogP) is 1.40. The molecule has 0 saturated heterocycles. The van der Waals surface area contributed by atoms with Gasteiger partial charge < -0.3 is 20.2 Å². The van der Waals surface area contributed by atoms with Crippen molar-refractivity contribution in [2.45, 2.75) is 0 Å². The molecule has 0 spiro atoms. The third-order valence-corrected chi connectivity index (χ3v) is 1.76. The summed E-state index contributed by atoms with van der Waals surface area (Å²) in [5.41, 5.74) is 6.07. The van der Waals surface area contributed by atoms with Crippen molar-refractivity contribution in [2.75, 3.05) is 18.2 Å². The average molecular weight is 206 g/mol. The van der Waals surface area contributed by atoms with Crippen LogP contribution in [0.5, 0.6) is 5.75 Å². The number of rotatable bonds is 3. The Kier molecular flexibility index (Phi) is 2.40. The number of ether oxygens (including phenoxy) is 1. The summed E-state index contributed by atoms with van der Waals surface area (Å²) in [4.78, 5) is 0. The fraction of sp³-hybridized carbons (Fsp3) is 0.111.